The summed E-state index contributed by atoms with van der Waals surface area (Å²) in [5.41, 5.74) is 6.45. The van der Waals surface area contributed by atoms with Crippen molar-refractivity contribution < 1.29 is 4.79 Å². The largest absolute Gasteiger partial charge is 0.332 e. The molecule has 0 saturated carbocycles. The fraction of sp³-hybridized carbons (Fsp3) is 0.280. The minimum atomic E-state index is -0.0157. The van der Waals surface area contributed by atoms with E-state index in [0.717, 1.165) is 28.9 Å². The molecule has 0 aliphatic carbocycles. The highest BCUT2D eigenvalue weighted by atomic mass is 32.1. The molecule has 0 spiro atoms. The Hall–Kier alpha value is -3.52. The average molecular weight is 460 g/mol. The van der Waals surface area contributed by atoms with E-state index < -0.39 is 0 Å². The van der Waals surface area contributed by atoms with E-state index in [1.165, 1.54) is 16.9 Å². The first kappa shape index (κ1) is 21.3. The van der Waals surface area contributed by atoms with Crippen LogP contribution in [0.4, 0.5) is 0 Å². The maximum Gasteiger partial charge on any atom is 0.270 e. The molecule has 0 radical (unpaired) electrons. The minimum absolute atomic E-state index is 0.0157. The van der Waals surface area contributed by atoms with Crippen molar-refractivity contribution in [3.05, 3.63) is 104 Å². The number of thiazole rings is 1. The number of fused-ring (bicyclic) bond motifs is 1. The zero-order valence-corrected chi connectivity index (χ0v) is 19.3. The van der Waals surface area contributed by atoms with Crippen molar-refractivity contribution in [1.82, 2.24) is 24.2 Å². The number of benzene rings is 1. The van der Waals surface area contributed by atoms with Crippen molar-refractivity contribution in [3.63, 3.8) is 0 Å². The zero-order chi connectivity index (χ0) is 22.8. The van der Waals surface area contributed by atoms with Crippen LogP contribution in [0.3, 0.4) is 0 Å². The summed E-state index contributed by atoms with van der Waals surface area (Å²) in [6.07, 6.45) is 4.89. The van der Waals surface area contributed by atoms with Gasteiger partial charge in [0.2, 0.25) is 0 Å². The van der Waals surface area contributed by atoms with Crippen molar-refractivity contribution >= 4 is 17.2 Å². The van der Waals surface area contributed by atoms with Gasteiger partial charge < -0.3 is 4.90 Å². The molecule has 0 atom stereocenters. The summed E-state index contributed by atoms with van der Waals surface area (Å²) in [6.45, 7) is 3.93. The SMILES string of the molecule is Cc1ncsc1C(=O)N1CCc2c(n(Cc3cccnc3)n(CCc3ccccc3)c2=O)C1. The second kappa shape index (κ2) is 9.15. The fourth-order valence-electron chi connectivity index (χ4n) is 4.40. The number of carbonyl (C=O) groups excluding carboxylic acids is 1. The first-order valence-corrected chi connectivity index (χ1v) is 11.9. The van der Waals surface area contributed by atoms with Gasteiger partial charge in [-0.2, -0.15) is 0 Å². The van der Waals surface area contributed by atoms with E-state index in [0.29, 0.717) is 37.5 Å². The smallest absolute Gasteiger partial charge is 0.270 e. The van der Waals surface area contributed by atoms with Gasteiger partial charge in [0.15, 0.2) is 0 Å². The number of nitrogens with zero attached hydrogens (tertiary/aromatic N) is 5. The topological polar surface area (TPSA) is 73.0 Å². The first-order chi connectivity index (χ1) is 16.1. The average Bonchev–Trinajstić information content (AvgIpc) is 3.39. The van der Waals surface area contributed by atoms with Crippen LogP contribution < -0.4 is 5.56 Å². The van der Waals surface area contributed by atoms with Gasteiger partial charge in [-0.1, -0.05) is 36.4 Å². The number of pyridine rings is 1. The van der Waals surface area contributed by atoms with Crippen molar-refractivity contribution in [2.45, 2.75) is 39.4 Å². The molecule has 4 aromatic rings. The van der Waals surface area contributed by atoms with E-state index in [1.807, 2.05) is 53.0 Å². The van der Waals surface area contributed by atoms with Gasteiger partial charge in [-0.05, 0) is 37.0 Å². The van der Waals surface area contributed by atoms with Gasteiger partial charge in [-0.25, -0.2) is 9.67 Å². The lowest BCUT2D eigenvalue weighted by atomic mass is 10.1. The number of rotatable bonds is 6. The molecular formula is C25H25N5O2S. The summed E-state index contributed by atoms with van der Waals surface area (Å²) in [6, 6.07) is 14.1. The van der Waals surface area contributed by atoms with Crippen LogP contribution in [0.25, 0.3) is 0 Å². The quantitative estimate of drug-likeness (QED) is 0.444. The summed E-state index contributed by atoms with van der Waals surface area (Å²) >= 11 is 1.37. The van der Waals surface area contributed by atoms with Crippen LogP contribution >= 0.6 is 11.3 Å². The lowest BCUT2D eigenvalue weighted by Crippen LogP contribution is -2.37. The second-order valence-electron chi connectivity index (χ2n) is 8.25. The van der Waals surface area contributed by atoms with E-state index in [-0.39, 0.29) is 11.5 Å². The minimum Gasteiger partial charge on any atom is -0.332 e. The van der Waals surface area contributed by atoms with E-state index in [4.69, 9.17) is 0 Å². The van der Waals surface area contributed by atoms with Crippen LogP contribution in [0.2, 0.25) is 0 Å². The summed E-state index contributed by atoms with van der Waals surface area (Å²) in [5, 5.41) is 0. The molecule has 168 valence electrons. The third kappa shape index (κ3) is 4.26. The van der Waals surface area contributed by atoms with Gasteiger partial charge in [0.1, 0.15) is 4.88 Å². The number of amides is 1. The lowest BCUT2D eigenvalue weighted by Gasteiger charge is -2.27. The Bertz CT molecular complexity index is 1320. The van der Waals surface area contributed by atoms with Gasteiger partial charge in [-0.15, -0.1) is 11.3 Å². The predicted octanol–water partition coefficient (Wildman–Crippen LogP) is 3.30. The molecule has 0 N–H and O–H groups in total. The van der Waals surface area contributed by atoms with Crippen molar-refractivity contribution in [1.29, 1.82) is 0 Å². The van der Waals surface area contributed by atoms with Gasteiger partial charge in [0.25, 0.3) is 11.5 Å². The Morgan fingerprint density at radius 3 is 2.64 bits per heavy atom. The van der Waals surface area contributed by atoms with Gasteiger partial charge in [0.05, 0.1) is 30.0 Å². The second-order valence-corrected chi connectivity index (χ2v) is 9.11. The molecule has 7 nitrogen and oxygen atoms in total. The van der Waals surface area contributed by atoms with Gasteiger partial charge in [0, 0.05) is 31.0 Å². The number of carbonyl (C=O) groups is 1. The van der Waals surface area contributed by atoms with E-state index in [1.54, 1.807) is 11.7 Å². The molecule has 33 heavy (non-hydrogen) atoms. The Balaban J connectivity index is 1.50. The lowest BCUT2D eigenvalue weighted by molar-refractivity contribution is 0.0733. The predicted molar refractivity (Wildman–Crippen MR) is 127 cm³/mol. The van der Waals surface area contributed by atoms with Gasteiger partial charge in [-0.3, -0.25) is 19.3 Å². The summed E-state index contributed by atoms with van der Waals surface area (Å²) in [5.74, 6) is -0.0157. The van der Waals surface area contributed by atoms with Crippen LogP contribution in [0.15, 0.2) is 65.2 Å². The molecule has 4 heterocycles. The van der Waals surface area contributed by atoms with Crippen LogP contribution in [0.1, 0.15) is 37.7 Å². The molecule has 0 fully saturated rings. The molecule has 1 amide bonds. The maximum atomic E-state index is 13.4. The molecule has 0 bridgehead atoms. The first-order valence-electron chi connectivity index (χ1n) is 11.1. The third-order valence-electron chi connectivity index (χ3n) is 6.15. The monoisotopic (exact) mass is 459 g/mol. The molecule has 8 heteroatoms. The Kier molecular flexibility index (Phi) is 5.92. The molecule has 0 saturated heterocycles. The molecule has 1 aliphatic rings. The molecule has 1 aliphatic heterocycles. The Morgan fingerprint density at radius 1 is 1.09 bits per heavy atom. The standard InChI is InChI=1S/C25H25N5O2S/c1-18-23(33-17-27-18)25(32)28-12-10-21-22(16-28)30(15-20-8-5-11-26-14-20)29(24(21)31)13-9-19-6-3-2-4-7-19/h2-8,11,14,17H,9-10,12-13,15-16H2,1H3. The number of hydrogen-bond donors (Lipinski definition) is 0. The van der Waals surface area contributed by atoms with Gasteiger partial charge >= 0.3 is 0 Å². The zero-order valence-electron chi connectivity index (χ0n) is 18.5. The van der Waals surface area contributed by atoms with Crippen molar-refractivity contribution in [3.8, 4) is 0 Å². The normalized spacial score (nSPS) is 13.2. The fourth-order valence-corrected chi connectivity index (χ4v) is 5.17. The summed E-state index contributed by atoms with van der Waals surface area (Å²) in [4.78, 5) is 37.5. The number of aromatic nitrogens is 4. The van der Waals surface area contributed by atoms with E-state index in [2.05, 4.69) is 26.8 Å². The van der Waals surface area contributed by atoms with Crippen LogP contribution in [-0.2, 0) is 32.5 Å². The highest BCUT2D eigenvalue weighted by Crippen LogP contribution is 2.23. The molecule has 0 unspecified atom stereocenters. The maximum absolute atomic E-state index is 13.4. The van der Waals surface area contributed by atoms with Crippen LogP contribution in [-0.4, -0.2) is 36.7 Å². The molecule has 1 aromatic carbocycles. The van der Waals surface area contributed by atoms with Crippen LogP contribution in [0, 0.1) is 6.92 Å². The number of hydrogen-bond acceptors (Lipinski definition) is 5. The Morgan fingerprint density at radius 2 is 1.91 bits per heavy atom. The summed E-state index contributed by atoms with van der Waals surface area (Å²) < 4.78 is 3.90. The van der Waals surface area contributed by atoms with E-state index in [9.17, 15) is 9.59 Å². The van der Waals surface area contributed by atoms with Crippen LogP contribution in [0.5, 0.6) is 0 Å². The molecule has 3 aromatic heterocycles. The third-order valence-corrected chi connectivity index (χ3v) is 7.07. The molecule has 5 rings (SSSR count). The molecular weight excluding hydrogens is 434 g/mol. The number of aryl methyl sites for hydroxylation is 2. The highest BCUT2D eigenvalue weighted by Gasteiger charge is 2.30. The summed E-state index contributed by atoms with van der Waals surface area (Å²) in [7, 11) is 0. The van der Waals surface area contributed by atoms with E-state index >= 15 is 0 Å². The van der Waals surface area contributed by atoms with Crippen molar-refractivity contribution in [2.75, 3.05) is 6.54 Å². The van der Waals surface area contributed by atoms with Crippen molar-refractivity contribution in [2.24, 2.45) is 0 Å². The Labute approximate surface area is 195 Å². The highest BCUT2D eigenvalue weighted by molar-refractivity contribution is 7.11.